The molecule has 3 heteroatoms. The molecule has 0 radical (unpaired) electrons. The quantitative estimate of drug-likeness (QED) is 0.563. The van der Waals surface area contributed by atoms with E-state index >= 15 is 0 Å². The number of rotatable bonds is 7. The fourth-order valence-electron chi connectivity index (χ4n) is 1.53. The maximum absolute atomic E-state index is 9.92. The van der Waals surface area contributed by atoms with Gasteiger partial charge in [-0.05, 0) is 37.6 Å². The third kappa shape index (κ3) is 5.02. The smallest absolute Gasteiger partial charge is 0.118 e. The van der Waals surface area contributed by atoms with Crippen LogP contribution in [0, 0.1) is 0 Å². The second-order valence-corrected chi connectivity index (χ2v) is 3.85. The van der Waals surface area contributed by atoms with Crippen LogP contribution >= 0.6 is 0 Å². The van der Waals surface area contributed by atoms with Crippen LogP contribution in [0.15, 0.2) is 36.4 Å². The maximum atomic E-state index is 9.92. The number of methoxy groups -OCH3 is 1. The van der Waals surface area contributed by atoms with Gasteiger partial charge in [-0.3, -0.25) is 0 Å². The molecular weight excluding hydrogens is 214 g/mol. The Morgan fingerprint density at radius 1 is 1.35 bits per heavy atom. The van der Waals surface area contributed by atoms with Crippen LogP contribution in [0.25, 0.3) is 0 Å². The number of benzene rings is 1. The van der Waals surface area contributed by atoms with Crippen molar-refractivity contribution < 1.29 is 9.84 Å². The van der Waals surface area contributed by atoms with E-state index in [9.17, 15) is 5.11 Å². The summed E-state index contributed by atoms with van der Waals surface area (Å²) in [6.45, 7) is 3.47. The molecule has 0 aliphatic carbocycles. The molecule has 0 aliphatic rings. The fraction of sp³-hybridized carbons (Fsp3) is 0.429. The first kappa shape index (κ1) is 13.7. The lowest BCUT2D eigenvalue weighted by Gasteiger charge is -2.12. The zero-order chi connectivity index (χ0) is 12.5. The molecule has 0 saturated carbocycles. The number of nitrogens with one attached hydrogen (secondary N) is 1. The Morgan fingerprint density at radius 2 is 2.06 bits per heavy atom. The lowest BCUT2D eigenvalue weighted by molar-refractivity contribution is 0.175. The number of allylic oxidation sites excluding steroid dienone is 1. The molecule has 1 aromatic rings. The molecule has 1 rings (SSSR count). The number of hydrogen-bond acceptors (Lipinski definition) is 3. The minimum atomic E-state index is -0.466. The predicted octanol–water partition coefficient (Wildman–Crippen LogP) is 2.28. The van der Waals surface area contributed by atoms with E-state index in [0.29, 0.717) is 6.54 Å². The van der Waals surface area contributed by atoms with E-state index < -0.39 is 6.10 Å². The van der Waals surface area contributed by atoms with Crippen LogP contribution in [0.4, 0.5) is 0 Å². The van der Waals surface area contributed by atoms with Crippen molar-refractivity contribution in [3.05, 3.63) is 42.0 Å². The van der Waals surface area contributed by atoms with Gasteiger partial charge < -0.3 is 15.2 Å². The zero-order valence-electron chi connectivity index (χ0n) is 10.5. The molecule has 3 nitrogen and oxygen atoms in total. The maximum Gasteiger partial charge on any atom is 0.118 e. The molecular formula is C14H21NO2. The van der Waals surface area contributed by atoms with Gasteiger partial charge in [0.15, 0.2) is 0 Å². The van der Waals surface area contributed by atoms with Crippen molar-refractivity contribution in [2.75, 3.05) is 20.2 Å². The van der Waals surface area contributed by atoms with E-state index in [0.717, 1.165) is 24.3 Å². The minimum Gasteiger partial charge on any atom is -0.497 e. The molecule has 0 spiro atoms. The van der Waals surface area contributed by atoms with Crippen LogP contribution in [-0.4, -0.2) is 25.3 Å². The average molecular weight is 235 g/mol. The molecule has 17 heavy (non-hydrogen) atoms. The largest absolute Gasteiger partial charge is 0.497 e. The van der Waals surface area contributed by atoms with Crippen molar-refractivity contribution in [3.8, 4) is 5.75 Å². The van der Waals surface area contributed by atoms with E-state index in [1.54, 1.807) is 7.11 Å². The van der Waals surface area contributed by atoms with E-state index in [4.69, 9.17) is 4.74 Å². The van der Waals surface area contributed by atoms with E-state index in [1.165, 1.54) is 0 Å². The number of hydrogen-bond donors (Lipinski definition) is 2. The van der Waals surface area contributed by atoms with Gasteiger partial charge in [-0.15, -0.1) is 0 Å². The molecule has 0 aromatic heterocycles. The highest BCUT2D eigenvalue weighted by molar-refractivity contribution is 5.28. The van der Waals surface area contributed by atoms with Crippen molar-refractivity contribution in [2.45, 2.75) is 19.4 Å². The van der Waals surface area contributed by atoms with Crippen molar-refractivity contribution in [1.82, 2.24) is 5.32 Å². The average Bonchev–Trinajstić information content (AvgIpc) is 2.38. The van der Waals surface area contributed by atoms with Crippen LogP contribution in [0.3, 0.4) is 0 Å². The second kappa shape index (κ2) is 7.87. The van der Waals surface area contributed by atoms with E-state index in [-0.39, 0.29) is 0 Å². The molecule has 0 bridgehead atoms. The van der Waals surface area contributed by atoms with Gasteiger partial charge in [-0.1, -0.05) is 24.3 Å². The Hall–Kier alpha value is -1.32. The van der Waals surface area contributed by atoms with Gasteiger partial charge in [0.25, 0.3) is 0 Å². The standard InChI is InChI=1S/C14H21NO2/c1-3-4-5-10-15-11-14(16)12-6-8-13(17-2)9-7-12/h3-4,6-9,14-16H,5,10-11H2,1-2H3/b4-3+. The van der Waals surface area contributed by atoms with Crippen molar-refractivity contribution in [2.24, 2.45) is 0 Å². The Bertz CT molecular complexity index is 333. The zero-order valence-corrected chi connectivity index (χ0v) is 10.5. The van der Waals surface area contributed by atoms with Gasteiger partial charge in [0, 0.05) is 6.54 Å². The SMILES string of the molecule is C/C=C/CCNCC(O)c1ccc(OC)cc1. The molecule has 1 aromatic carbocycles. The summed E-state index contributed by atoms with van der Waals surface area (Å²) in [6.07, 6.45) is 4.66. The summed E-state index contributed by atoms with van der Waals surface area (Å²) < 4.78 is 5.07. The van der Waals surface area contributed by atoms with E-state index in [2.05, 4.69) is 11.4 Å². The first-order chi connectivity index (χ1) is 8.27. The summed E-state index contributed by atoms with van der Waals surface area (Å²) in [7, 11) is 1.63. The lowest BCUT2D eigenvalue weighted by Crippen LogP contribution is -2.22. The molecule has 0 amide bonds. The first-order valence-corrected chi connectivity index (χ1v) is 5.91. The van der Waals surface area contributed by atoms with Crippen LogP contribution in [0.1, 0.15) is 25.0 Å². The predicted molar refractivity (Wildman–Crippen MR) is 70.3 cm³/mol. The Kier molecular flexibility index (Phi) is 6.37. The lowest BCUT2D eigenvalue weighted by atomic mass is 10.1. The van der Waals surface area contributed by atoms with Gasteiger partial charge in [0.2, 0.25) is 0 Å². The summed E-state index contributed by atoms with van der Waals surface area (Å²) in [6, 6.07) is 7.49. The molecule has 1 atom stereocenters. The van der Waals surface area contributed by atoms with E-state index in [1.807, 2.05) is 37.3 Å². The van der Waals surface area contributed by atoms with Crippen molar-refractivity contribution in [3.63, 3.8) is 0 Å². The molecule has 0 aliphatic heterocycles. The number of aliphatic hydroxyl groups is 1. The van der Waals surface area contributed by atoms with Gasteiger partial charge >= 0.3 is 0 Å². The summed E-state index contributed by atoms with van der Waals surface area (Å²) in [5, 5.41) is 13.1. The molecule has 0 fully saturated rings. The highest BCUT2D eigenvalue weighted by Crippen LogP contribution is 2.16. The molecule has 94 valence electrons. The monoisotopic (exact) mass is 235 g/mol. The van der Waals surface area contributed by atoms with Gasteiger partial charge in [0.1, 0.15) is 5.75 Å². The van der Waals surface area contributed by atoms with Gasteiger partial charge in [-0.25, -0.2) is 0 Å². The summed E-state index contributed by atoms with van der Waals surface area (Å²) in [4.78, 5) is 0. The third-order valence-corrected chi connectivity index (χ3v) is 2.56. The van der Waals surface area contributed by atoms with Crippen LogP contribution < -0.4 is 10.1 Å². The van der Waals surface area contributed by atoms with Gasteiger partial charge in [-0.2, -0.15) is 0 Å². The second-order valence-electron chi connectivity index (χ2n) is 3.85. The highest BCUT2D eigenvalue weighted by atomic mass is 16.5. The Morgan fingerprint density at radius 3 is 2.65 bits per heavy atom. The number of ether oxygens (including phenoxy) is 1. The molecule has 0 heterocycles. The highest BCUT2D eigenvalue weighted by Gasteiger charge is 2.06. The summed E-state index contributed by atoms with van der Waals surface area (Å²) in [5.74, 6) is 0.807. The minimum absolute atomic E-state index is 0.466. The van der Waals surface area contributed by atoms with Crippen molar-refractivity contribution >= 4 is 0 Å². The van der Waals surface area contributed by atoms with Gasteiger partial charge in [0.05, 0.1) is 13.2 Å². The Labute approximate surface area is 103 Å². The van der Waals surface area contributed by atoms with Crippen LogP contribution in [-0.2, 0) is 0 Å². The van der Waals surface area contributed by atoms with Crippen molar-refractivity contribution in [1.29, 1.82) is 0 Å². The van der Waals surface area contributed by atoms with Crippen LogP contribution in [0.5, 0.6) is 5.75 Å². The Balaban J connectivity index is 2.33. The topological polar surface area (TPSA) is 41.5 Å². The molecule has 1 unspecified atom stereocenters. The normalized spacial score (nSPS) is 12.9. The van der Waals surface area contributed by atoms with Crippen LogP contribution in [0.2, 0.25) is 0 Å². The summed E-state index contributed by atoms with van der Waals surface area (Å²) >= 11 is 0. The molecule has 0 saturated heterocycles. The third-order valence-electron chi connectivity index (χ3n) is 2.56. The number of aliphatic hydroxyl groups excluding tert-OH is 1. The fourth-order valence-corrected chi connectivity index (χ4v) is 1.53. The summed E-state index contributed by atoms with van der Waals surface area (Å²) in [5.41, 5.74) is 0.907. The first-order valence-electron chi connectivity index (χ1n) is 5.91. The molecule has 2 N–H and O–H groups in total.